The zero-order chi connectivity index (χ0) is 13.8. The van der Waals surface area contributed by atoms with Crippen molar-refractivity contribution in [1.29, 1.82) is 0 Å². The molecule has 2 rings (SSSR count). The molecule has 0 bridgehead atoms. The van der Waals surface area contributed by atoms with Crippen LogP contribution in [-0.4, -0.2) is 38.9 Å². The number of hydrogen-bond donors (Lipinski definition) is 2. The first-order chi connectivity index (χ1) is 9.15. The smallest absolute Gasteiger partial charge is 0.261 e. The molecular weight excluding hydrogens is 310 g/mol. The number of alkyl halides is 1. The van der Waals surface area contributed by atoms with E-state index in [1.165, 1.54) is 18.2 Å². The maximum atomic E-state index is 12.5. The average Bonchev–Trinajstić information content (AvgIpc) is 2.63. The van der Waals surface area contributed by atoms with Gasteiger partial charge in [0.05, 0.1) is 0 Å². The fourth-order valence-corrected chi connectivity index (χ4v) is 3.17. The highest BCUT2D eigenvalue weighted by molar-refractivity contribution is 9.09. The number of benzene rings is 1. The fourth-order valence-electron chi connectivity index (χ4n) is 2.50. The quantitative estimate of drug-likeness (QED) is 0.821. The lowest BCUT2D eigenvalue weighted by atomic mass is 10.1. The molecule has 1 saturated heterocycles. The molecule has 4 nitrogen and oxygen atoms in total. The van der Waals surface area contributed by atoms with Crippen molar-refractivity contribution < 1.29 is 15.0 Å². The Morgan fingerprint density at radius 3 is 2.58 bits per heavy atom. The Morgan fingerprint density at radius 1 is 1.26 bits per heavy atom. The molecule has 0 spiro atoms. The number of carbonyl (C=O) groups excluding carboxylic acids is 1. The molecule has 1 atom stereocenters. The number of phenolic OH excluding ortho intramolecular Hbond substituents is 2. The van der Waals surface area contributed by atoms with E-state index in [1.807, 2.05) is 0 Å². The van der Waals surface area contributed by atoms with Crippen LogP contribution in [0.3, 0.4) is 0 Å². The summed E-state index contributed by atoms with van der Waals surface area (Å²) >= 11 is 3.45. The maximum Gasteiger partial charge on any atom is 0.261 e. The van der Waals surface area contributed by atoms with E-state index in [-0.39, 0.29) is 29.0 Å². The van der Waals surface area contributed by atoms with Crippen LogP contribution in [0, 0.1) is 0 Å². The van der Waals surface area contributed by atoms with Crippen LogP contribution in [0.1, 0.15) is 36.0 Å². The van der Waals surface area contributed by atoms with Crippen LogP contribution in [0.5, 0.6) is 11.5 Å². The lowest BCUT2D eigenvalue weighted by molar-refractivity contribution is 0.0696. The second kappa shape index (κ2) is 6.28. The van der Waals surface area contributed by atoms with Crippen LogP contribution in [0.15, 0.2) is 18.2 Å². The molecule has 1 unspecified atom stereocenters. The van der Waals surface area contributed by atoms with Gasteiger partial charge in [0.15, 0.2) is 0 Å². The largest absolute Gasteiger partial charge is 0.507 e. The summed E-state index contributed by atoms with van der Waals surface area (Å²) in [6.45, 7) is 0.670. The third-order valence-corrected chi connectivity index (χ3v) is 4.30. The van der Waals surface area contributed by atoms with Gasteiger partial charge in [0.2, 0.25) is 0 Å². The van der Waals surface area contributed by atoms with Crippen LogP contribution >= 0.6 is 15.9 Å². The first kappa shape index (κ1) is 14.2. The van der Waals surface area contributed by atoms with E-state index in [1.54, 1.807) is 4.90 Å². The van der Waals surface area contributed by atoms with Gasteiger partial charge in [0.1, 0.15) is 17.1 Å². The van der Waals surface area contributed by atoms with E-state index in [9.17, 15) is 15.0 Å². The summed E-state index contributed by atoms with van der Waals surface area (Å²) in [5.74, 6) is -0.618. The Balaban J connectivity index is 2.30. The van der Waals surface area contributed by atoms with Crippen LogP contribution in [-0.2, 0) is 0 Å². The molecule has 0 aliphatic carbocycles. The first-order valence-electron chi connectivity index (χ1n) is 6.53. The maximum absolute atomic E-state index is 12.5. The van der Waals surface area contributed by atoms with Crippen LogP contribution in [0.4, 0.5) is 0 Å². The molecule has 1 aromatic rings. The lowest BCUT2D eigenvalue weighted by Gasteiger charge is -2.29. The Bertz CT molecular complexity index is 444. The minimum Gasteiger partial charge on any atom is -0.507 e. The topological polar surface area (TPSA) is 60.8 Å². The average molecular weight is 328 g/mol. The van der Waals surface area contributed by atoms with Crippen molar-refractivity contribution in [2.24, 2.45) is 0 Å². The molecule has 104 valence electrons. The predicted octanol–water partition coefficient (Wildman–Crippen LogP) is 2.88. The van der Waals surface area contributed by atoms with Crippen LogP contribution in [0.25, 0.3) is 0 Å². The Labute approximate surface area is 121 Å². The van der Waals surface area contributed by atoms with Gasteiger partial charge in [0.25, 0.3) is 5.91 Å². The number of phenols is 2. The number of rotatable bonds is 2. The number of amides is 1. The summed E-state index contributed by atoms with van der Waals surface area (Å²) in [5.41, 5.74) is 0.00958. The summed E-state index contributed by atoms with van der Waals surface area (Å²) in [6, 6.07) is 4.49. The summed E-state index contributed by atoms with van der Waals surface area (Å²) in [6.07, 6.45) is 4.13. The second-order valence-corrected chi connectivity index (χ2v) is 5.47. The fraction of sp³-hybridized carbons (Fsp3) is 0.500. The highest BCUT2D eigenvalue weighted by Gasteiger charge is 2.28. The van der Waals surface area contributed by atoms with Crippen molar-refractivity contribution in [1.82, 2.24) is 4.90 Å². The molecule has 0 aromatic heterocycles. The number of carbonyl (C=O) groups is 1. The van der Waals surface area contributed by atoms with E-state index in [2.05, 4.69) is 15.9 Å². The highest BCUT2D eigenvalue weighted by atomic mass is 79.9. The summed E-state index contributed by atoms with van der Waals surface area (Å²) in [7, 11) is 0. The minimum atomic E-state index is -0.290. The molecule has 1 fully saturated rings. The predicted molar refractivity (Wildman–Crippen MR) is 76.9 cm³/mol. The molecule has 1 aliphatic heterocycles. The zero-order valence-corrected chi connectivity index (χ0v) is 12.3. The SMILES string of the molecule is O=C(c1c(O)cccc1O)N1CCCCCC1CBr. The third-order valence-electron chi connectivity index (χ3n) is 3.55. The zero-order valence-electron chi connectivity index (χ0n) is 10.7. The van der Waals surface area contributed by atoms with Gasteiger partial charge >= 0.3 is 0 Å². The number of hydrogen-bond acceptors (Lipinski definition) is 3. The highest BCUT2D eigenvalue weighted by Crippen LogP contribution is 2.30. The first-order valence-corrected chi connectivity index (χ1v) is 7.65. The van der Waals surface area contributed by atoms with Crippen molar-refractivity contribution in [3.05, 3.63) is 23.8 Å². The van der Waals surface area contributed by atoms with Gasteiger partial charge in [0, 0.05) is 17.9 Å². The molecule has 1 aromatic carbocycles. The molecule has 0 radical (unpaired) electrons. The molecular formula is C14H18BrNO3. The molecule has 19 heavy (non-hydrogen) atoms. The van der Waals surface area contributed by atoms with Crippen molar-refractivity contribution in [2.75, 3.05) is 11.9 Å². The Kier molecular flexibility index (Phi) is 4.69. The molecule has 2 N–H and O–H groups in total. The van der Waals surface area contributed by atoms with Gasteiger partial charge in [-0.05, 0) is 25.0 Å². The number of nitrogens with zero attached hydrogens (tertiary/aromatic N) is 1. The summed E-state index contributed by atoms with van der Waals surface area (Å²) < 4.78 is 0. The van der Waals surface area contributed by atoms with Gasteiger partial charge in [-0.3, -0.25) is 4.79 Å². The van der Waals surface area contributed by atoms with Crippen molar-refractivity contribution in [2.45, 2.75) is 31.7 Å². The molecule has 1 aliphatic rings. The second-order valence-electron chi connectivity index (χ2n) is 4.83. The van der Waals surface area contributed by atoms with Gasteiger partial charge < -0.3 is 15.1 Å². The molecule has 1 heterocycles. The van der Waals surface area contributed by atoms with Crippen LogP contribution < -0.4 is 0 Å². The van der Waals surface area contributed by atoms with Gasteiger partial charge in [-0.1, -0.05) is 34.8 Å². The monoisotopic (exact) mass is 327 g/mol. The van der Waals surface area contributed by atoms with Crippen molar-refractivity contribution in [3.8, 4) is 11.5 Å². The lowest BCUT2D eigenvalue weighted by Crippen LogP contribution is -2.41. The van der Waals surface area contributed by atoms with E-state index in [0.717, 1.165) is 25.7 Å². The van der Waals surface area contributed by atoms with Gasteiger partial charge in [-0.2, -0.15) is 0 Å². The molecule has 5 heteroatoms. The number of likely N-dealkylation sites (tertiary alicyclic amines) is 1. The summed E-state index contributed by atoms with van der Waals surface area (Å²) in [4.78, 5) is 14.3. The van der Waals surface area contributed by atoms with Gasteiger partial charge in [-0.15, -0.1) is 0 Å². The van der Waals surface area contributed by atoms with Crippen molar-refractivity contribution in [3.63, 3.8) is 0 Å². The minimum absolute atomic E-state index is 0.00958. The van der Waals surface area contributed by atoms with E-state index in [0.29, 0.717) is 11.9 Å². The van der Waals surface area contributed by atoms with E-state index < -0.39 is 0 Å². The Morgan fingerprint density at radius 2 is 1.95 bits per heavy atom. The normalized spacial score (nSPS) is 20.1. The number of halogens is 1. The molecule has 0 saturated carbocycles. The van der Waals surface area contributed by atoms with Crippen molar-refractivity contribution >= 4 is 21.8 Å². The van der Waals surface area contributed by atoms with Crippen LogP contribution in [0.2, 0.25) is 0 Å². The Hall–Kier alpha value is -1.23. The third kappa shape index (κ3) is 3.03. The molecule has 1 amide bonds. The van der Waals surface area contributed by atoms with Gasteiger partial charge in [-0.25, -0.2) is 0 Å². The number of aromatic hydroxyl groups is 2. The van der Waals surface area contributed by atoms with E-state index >= 15 is 0 Å². The standard InChI is InChI=1S/C14H18BrNO3/c15-9-10-5-2-1-3-8-16(10)14(19)13-11(17)6-4-7-12(13)18/h4,6-7,10,17-18H,1-3,5,8-9H2. The van der Waals surface area contributed by atoms with E-state index in [4.69, 9.17) is 0 Å². The summed E-state index contributed by atoms with van der Waals surface area (Å²) in [5, 5.41) is 20.3.